The van der Waals surface area contributed by atoms with Crippen LogP contribution in [-0.4, -0.2) is 24.1 Å². The zero-order valence-electron chi connectivity index (χ0n) is 11.6. The Balaban J connectivity index is 2.47. The smallest absolute Gasteiger partial charge is 0.338 e. The average Bonchev–Trinajstić information content (AvgIpc) is 2.37. The van der Waals surface area contributed by atoms with Crippen LogP contribution in [-0.2, 0) is 14.3 Å². The molecule has 0 aliphatic heterocycles. The summed E-state index contributed by atoms with van der Waals surface area (Å²) in [6.45, 7) is 5.39. The second-order valence-electron chi connectivity index (χ2n) is 4.93. The molecule has 0 unspecified atom stereocenters. The SMILES string of the molecule is CCCC(=O)OC(C)(C)COC(=O)c1ccccc1. The van der Waals surface area contributed by atoms with Crippen LogP contribution < -0.4 is 0 Å². The van der Waals surface area contributed by atoms with Crippen molar-refractivity contribution >= 4 is 11.9 Å². The molecule has 0 aliphatic rings. The molecule has 0 heterocycles. The van der Waals surface area contributed by atoms with E-state index in [0.717, 1.165) is 6.42 Å². The van der Waals surface area contributed by atoms with Gasteiger partial charge in [-0.1, -0.05) is 25.1 Å². The Morgan fingerprint density at radius 2 is 1.79 bits per heavy atom. The molecule has 1 aromatic rings. The van der Waals surface area contributed by atoms with Crippen molar-refractivity contribution in [1.29, 1.82) is 0 Å². The third-order valence-corrected chi connectivity index (χ3v) is 2.40. The largest absolute Gasteiger partial charge is 0.458 e. The van der Waals surface area contributed by atoms with Crippen molar-refractivity contribution in [3.05, 3.63) is 35.9 Å². The molecule has 0 saturated carbocycles. The summed E-state index contributed by atoms with van der Waals surface area (Å²) < 4.78 is 10.4. The number of ether oxygens (including phenoxy) is 2. The van der Waals surface area contributed by atoms with Crippen LogP contribution in [0.1, 0.15) is 44.0 Å². The minimum absolute atomic E-state index is 0.0379. The van der Waals surface area contributed by atoms with Crippen LogP contribution in [0, 0.1) is 0 Å². The van der Waals surface area contributed by atoms with Crippen LogP contribution in [0.5, 0.6) is 0 Å². The first-order chi connectivity index (χ1) is 8.94. The molecule has 0 fully saturated rings. The minimum Gasteiger partial charge on any atom is -0.458 e. The predicted octanol–water partition coefficient (Wildman–Crippen LogP) is 2.97. The minimum atomic E-state index is -0.809. The second kappa shape index (κ2) is 6.92. The highest BCUT2D eigenvalue weighted by atomic mass is 16.6. The summed E-state index contributed by atoms with van der Waals surface area (Å²) in [5.74, 6) is -0.691. The van der Waals surface area contributed by atoms with Crippen molar-refractivity contribution in [2.45, 2.75) is 39.2 Å². The van der Waals surface area contributed by atoms with Gasteiger partial charge < -0.3 is 9.47 Å². The van der Waals surface area contributed by atoms with Crippen LogP contribution >= 0.6 is 0 Å². The van der Waals surface area contributed by atoms with Gasteiger partial charge in [-0.15, -0.1) is 0 Å². The summed E-state index contributed by atoms with van der Waals surface area (Å²) in [4.78, 5) is 23.2. The van der Waals surface area contributed by atoms with Crippen molar-refractivity contribution in [3.63, 3.8) is 0 Å². The van der Waals surface area contributed by atoms with E-state index in [-0.39, 0.29) is 12.6 Å². The summed E-state index contributed by atoms with van der Waals surface area (Å²) in [5, 5.41) is 0. The van der Waals surface area contributed by atoms with Crippen LogP contribution in [0.2, 0.25) is 0 Å². The molecule has 0 bridgehead atoms. The second-order valence-corrected chi connectivity index (χ2v) is 4.93. The standard InChI is InChI=1S/C15H20O4/c1-4-8-13(16)19-15(2,3)11-18-14(17)12-9-6-5-7-10-12/h5-7,9-10H,4,8,11H2,1-3H3. The Hall–Kier alpha value is -1.84. The maximum Gasteiger partial charge on any atom is 0.338 e. The fourth-order valence-electron chi connectivity index (χ4n) is 1.49. The van der Waals surface area contributed by atoms with Crippen molar-refractivity contribution in [2.24, 2.45) is 0 Å². The van der Waals surface area contributed by atoms with Crippen molar-refractivity contribution in [1.82, 2.24) is 0 Å². The first kappa shape index (κ1) is 15.2. The lowest BCUT2D eigenvalue weighted by molar-refractivity contribution is -0.160. The maximum atomic E-state index is 11.7. The molecule has 4 nitrogen and oxygen atoms in total. The number of hydrogen-bond donors (Lipinski definition) is 0. The van der Waals surface area contributed by atoms with Gasteiger partial charge in [0, 0.05) is 6.42 Å². The number of carbonyl (C=O) groups is 2. The van der Waals surface area contributed by atoms with Gasteiger partial charge in [0.05, 0.1) is 5.56 Å². The normalized spacial score (nSPS) is 10.9. The molecule has 19 heavy (non-hydrogen) atoms. The number of esters is 2. The summed E-state index contributed by atoms with van der Waals surface area (Å²) in [5.41, 5.74) is -0.324. The highest BCUT2D eigenvalue weighted by Gasteiger charge is 2.25. The van der Waals surface area contributed by atoms with Crippen LogP contribution in [0.25, 0.3) is 0 Å². The van der Waals surface area contributed by atoms with E-state index >= 15 is 0 Å². The quantitative estimate of drug-likeness (QED) is 0.741. The van der Waals surface area contributed by atoms with Crippen LogP contribution in [0.3, 0.4) is 0 Å². The fourth-order valence-corrected chi connectivity index (χ4v) is 1.49. The molecule has 4 heteroatoms. The lowest BCUT2D eigenvalue weighted by Gasteiger charge is -2.24. The van der Waals surface area contributed by atoms with Gasteiger partial charge in [-0.2, -0.15) is 0 Å². The molecule has 0 spiro atoms. The zero-order chi connectivity index (χ0) is 14.3. The maximum absolute atomic E-state index is 11.7. The fraction of sp³-hybridized carbons (Fsp3) is 0.467. The van der Waals surface area contributed by atoms with Crippen molar-refractivity contribution in [3.8, 4) is 0 Å². The van der Waals surface area contributed by atoms with E-state index in [0.29, 0.717) is 12.0 Å². The lowest BCUT2D eigenvalue weighted by Crippen LogP contribution is -2.34. The molecule has 0 saturated heterocycles. The molecule has 0 amide bonds. The molecule has 104 valence electrons. The van der Waals surface area contributed by atoms with E-state index in [4.69, 9.17) is 9.47 Å². The summed E-state index contributed by atoms with van der Waals surface area (Å²) >= 11 is 0. The van der Waals surface area contributed by atoms with Gasteiger partial charge in [0.25, 0.3) is 0 Å². The molecule has 0 aliphatic carbocycles. The monoisotopic (exact) mass is 264 g/mol. The van der Waals surface area contributed by atoms with Crippen molar-refractivity contribution in [2.75, 3.05) is 6.61 Å². The molecule has 0 aromatic heterocycles. The van der Waals surface area contributed by atoms with Crippen molar-refractivity contribution < 1.29 is 19.1 Å². The molecule has 0 atom stereocenters. The Bertz CT molecular complexity index is 423. The molecule has 1 aromatic carbocycles. The molecule has 1 rings (SSSR count). The van der Waals surface area contributed by atoms with Gasteiger partial charge >= 0.3 is 11.9 Å². The Labute approximate surface area is 113 Å². The van der Waals surface area contributed by atoms with E-state index in [1.54, 1.807) is 38.1 Å². The van der Waals surface area contributed by atoms with Crippen LogP contribution in [0.15, 0.2) is 30.3 Å². The summed E-state index contributed by atoms with van der Waals surface area (Å²) in [6, 6.07) is 8.72. The third kappa shape index (κ3) is 5.55. The average molecular weight is 264 g/mol. The van der Waals surface area contributed by atoms with Crippen LogP contribution in [0.4, 0.5) is 0 Å². The van der Waals surface area contributed by atoms with E-state index in [9.17, 15) is 9.59 Å². The number of rotatable bonds is 6. The summed E-state index contributed by atoms with van der Waals surface area (Å²) in [7, 11) is 0. The van der Waals surface area contributed by atoms with Gasteiger partial charge in [-0.25, -0.2) is 4.79 Å². The van der Waals surface area contributed by atoms with Gasteiger partial charge in [0.2, 0.25) is 0 Å². The number of benzene rings is 1. The Morgan fingerprint density at radius 1 is 1.16 bits per heavy atom. The van der Waals surface area contributed by atoms with E-state index in [1.165, 1.54) is 0 Å². The first-order valence-electron chi connectivity index (χ1n) is 6.38. The van der Waals surface area contributed by atoms with Gasteiger partial charge in [-0.05, 0) is 32.4 Å². The zero-order valence-corrected chi connectivity index (χ0v) is 11.6. The predicted molar refractivity (Wildman–Crippen MR) is 71.8 cm³/mol. The summed E-state index contributed by atoms with van der Waals surface area (Å²) in [6.07, 6.45) is 1.11. The molecular formula is C15H20O4. The van der Waals surface area contributed by atoms with Gasteiger partial charge in [0.1, 0.15) is 12.2 Å². The van der Waals surface area contributed by atoms with E-state index in [1.807, 2.05) is 13.0 Å². The molecule has 0 N–H and O–H groups in total. The van der Waals surface area contributed by atoms with Gasteiger partial charge in [-0.3, -0.25) is 4.79 Å². The Kier molecular flexibility index (Phi) is 5.55. The topological polar surface area (TPSA) is 52.6 Å². The molecular weight excluding hydrogens is 244 g/mol. The van der Waals surface area contributed by atoms with E-state index in [2.05, 4.69) is 0 Å². The Morgan fingerprint density at radius 3 is 2.37 bits per heavy atom. The lowest BCUT2D eigenvalue weighted by atomic mass is 10.1. The first-order valence-corrected chi connectivity index (χ1v) is 6.38. The third-order valence-electron chi connectivity index (χ3n) is 2.40. The number of carbonyl (C=O) groups excluding carboxylic acids is 2. The van der Waals surface area contributed by atoms with Gasteiger partial charge in [0.15, 0.2) is 0 Å². The van der Waals surface area contributed by atoms with E-state index < -0.39 is 11.6 Å². The number of hydrogen-bond acceptors (Lipinski definition) is 4. The molecule has 0 radical (unpaired) electrons. The highest BCUT2D eigenvalue weighted by Crippen LogP contribution is 2.13. The highest BCUT2D eigenvalue weighted by molar-refractivity contribution is 5.89.